The Morgan fingerprint density at radius 1 is 0.727 bits per heavy atom. The van der Waals surface area contributed by atoms with Gasteiger partial charge in [-0.2, -0.15) is 5.26 Å². The molecule has 5 rings (SSSR count). The Morgan fingerprint density at radius 2 is 1.30 bits per heavy atom. The maximum atomic E-state index is 13.0. The van der Waals surface area contributed by atoms with Crippen LogP contribution in [0.2, 0.25) is 0 Å². The zero-order chi connectivity index (χ0) is 22.6. The molecule has 0 atom stereocenters. The van der Waals surface area contributed by atoms with E-state index in [0.29, 0.717) is 13.1 Å². The van der Waals surface area contributed by atoms with Gasteiger partial charge in [0.1, 0.15) is 11.6 Å². The Hall–Kier alpha value is -4.04. The van der Waals surface area contributed by atoms with Gasteiger partial charge in [-0.3, -0.25) is 4.79 Å². The highest BCUT2D eigenvalue weighted by atomic mass is 16.2. The average molecular weight is 435 g/mol. The van der Waals surface area contributed by atoms with Crippen molar-refractivity contribution in [2.45, 2.75) is 13.1 Å². The highest BCUT2D eigenvalue weighted by Crippen LogP contribution is 2.28. The number of amides is 1. The summed E-state index contributed by atoms with van der Waals surface area (Å²) in [7, 11) is 0. The smallest absolute Gasteiger partial charge is 0.264 e. The van der Waals surface area contributed by atoms with E-state index >= 15 is 0 Å². The number of carbonyl (C=O) groups is 1. The van der Waals surface area contributed by atoms with E-state index in [1.165, 1.54) is 16.8 Å². The van der Waals surface area contributed by atoms with Gasteiger partial charge in [-0.1, -0.05) is 54.6 Å². The summed E-state index contributed by atoms with van der Waals surface area (Å²) in [5.41, 5.74) is 6.09. The Balaban J connectivity index is 1.23. The summed E-state index contributed by atoms with van der Waals surface area (Å²) in [6, 6.07) is 29.0. The number of rotatable bonds is 4. The number of anilines is 2. The number of hydrogen-bond acceptors (Lipinski definition) is 4. The van der Waals surface area contributed by atoms with Crippen molar-refractivity contribution in [2.75, 3.05) is 36.0 Å². The molecule has 1 fully saturated rings. The van der Waals surface area contributed by atoms with Crippen molar-refractivity contribution in [1.29, 1.82) is 5.26 Å². The molecule has 2 aliphatic heterocycles. The molecule has 0 bridgehead atoms. The molecular formula is C28H26N4O. The molecule has 5 heteroatoms. The van der Waals surface area contributed by atoms with Crippen molar-refractivity contribution in [3.8, 4) is 6.07 Å². The van der Waals surface area contributed by atoms with Crippen LogP contribution in [0.4, 0.5) is 11.4 Å². The van der Waals surface area contributed by atoms with Crippen LogP contribution in [0.15, 0.2) is 84.4 Å². The van der Waals surface area contributed by atoms with Gasteiger partial charge in [0.05, 0.1) is 0 Å². The van der Waals surface area contributed by atoms with Gasteiger partial charge in [-0.05, 0) is 47.0 Å². The summed E-state index contributed by atoms with van der Waals surface area (Å²) in [6.07, 6.45) is 1.70. The van der Waals surface area contributed by atoms with Crippen molar-refractivity contribution in [2.24, 2.45) is 0 Å². The van der Waals surface area contributed by atoms with Gasteiger partial charge in [-0.25, -0.2) is 0 Å². The molecule has 0 N–H and O–H groups in total. The normalized spacial score (nSPS) is 15.8. The zero-order valence-corrected chi connectivity index (χ0v) is 18.5. The first kappa shape index (κ1) is 20.8. The summed E-state index contributed by atoms with van der Waals surface area (Å²) < 4.78 is 0. The van der Waals surface area contributed by atoms with Crippen LogP contribution < -0.4 is 9.80 Å². The molecular weight excluding hydrogens is 408 g/mol. The first-order valence-electron chi connectivity index (χ1n) is 11.3. The monoisotopic (exact) mass is 434 g/mol. The van der Waals surface area contributed by atoms with Gasteiger partial charge in [0, 0.05) is 50.6 Å². The minimum Gasteiger partial charge on any atom is -0.368 e. The Morgan fingerprint density at radius 3 is 1.91 bits per heavy atom. The molecule has 0 unspecified atom stereocenters. The fraction of sp³-hybridized carbons (Fsp3) is 0.214. The van der Waals surface area contributed by atoms with E-state index in [9.17, 15) is 10.1 Å². The molecule has 0 spiro atoms. The molecule has 0 aromatic heterocycles. The summed E-state index contributed by atoms with van der Waals surface area (Å²) in [6.45, 7) is 4.57. The highest BCUT2D eigenvalue weighted by molar-refractivity contribution is 6.01. The van der Waals surface area contributed by atoms with Crippen LogP contribution in [0, 0.1) is 11.3 Å². The topological polar surface area (TPSA) is 50.6 Å². The van der Waals surface area contributed by atoms with E-state index in [1.807, 2.05) is 30.3 Å². The number of nitrogens with zero attached hydrogens (tertiary/aromatic N) is 4. The van der Waals surface area contributed by atoms with E-state index in [4.69, 9.17) is 0 Å². The SMILES string of the molecule is N#C/C(=C\c1ccc(N2Cc3ccccc3C2)cc1)C(=O)N1CCN(c2ccccc2)CC1. The minimum absolute atomic E-state index is 0.185. The van der Waals surface area contributed by atoms with Crippen molar-refractivity contribution < 1.29 is 4.79 Å². The summed E-state index contributed by atoms with van der Waals surface area (Å²) in [5, 5.41) is 9.66. The second-order valence-corrected chi connectivity index (χ2v) is 8.50. The lowest BCUT2D eigenvalue weighted by atomic mass is 10.1. The van der Waals surface area contributed by atoms with Crippen molar-refractivity contribution >= 4 is 23.4 Å². The summed E-state index contributed by atoms with van der Waals surface area (Å²) >= 11 is 0. The summed E-state index contributed by atoms with van der Waals surface area (Å²) in [4.78, 5) is 19.4. The molecule has 33 heavy (non-hydrogen) atoms. The molecule has 2 heterocycles. The second-order valence-electron chi connectivity index (χ2n) is 8.50. The van der Waals surface area contributed by atoms with E-state index in [-0.39, 0.29) is 11.5 Å². The quantitative estimate of drug-likeness (QED) is 0.449. The molecule has 3 aromatic carbocycles. The van der Waals surface area contributed by atoms with E-state index in [2.05, 4.69) is 64.4 Å². The van der Waals surface area contributed by atoms with Crippen LogP contribution in [0.25, 0.3) is 6.08 Å². The van der Waals surface area contributed by atoms with Crippen LogP contribution in [0.3, 0.4) is 0 Å². The van der Waals surface area contributed by atoms with E-state index in [1.54, 1.807) is 11.0 Å². The van der Waals surface area contributed by atoms with Crippen LogP contribution >= 0.6 is 0 Å². The zero-order valence-electron chi connectivity index (χ0n) is 18.5. The Kier molecular flexibility index (Phi) is 5.82. The largest absolute Gasteiger partial charge is 0.368 e. The summed E-state index contributed by atoms with van der Waals surface area (Å²) in [5.74, 6) is -0.190. The van der Waals surface area contributed by atoms with Gasteiger partial charge in [0.2, 0.25) is 0 Å². The predicted molar refractivity (Wildman–Crippen MR) is 132 cm³/mol. The lowest BCUT2D eigenvalue weighted by Gasteiger charge is -2.36. The average Bonchev–Trinajstić information content (AvgIpc) is 3.32. The Bertz CT molecular complexity index is 1180. The van der Waals surface area contributed by atoms with Crippen LogP contribution in [-0.4, -0.2) is 37.0 Å². The van der Waals surface area contributed by atoms with E-state index in [0.717, 1.165) is 37.4 Å². The maximum absolute atomic E-state index is 13.0. The fourth-order valence-corrected chi connectivity index (χ4v) is 4.58. The predicted octanol–water partition coefficient (Wildman–Crippen LogP) is 4.46. The van der Waals surface area contributed by atoms with Crippen molar-refractivity contribution in [1.82, 2.24) is 4.90 Å². The van der Waals surface area contributed by atoms with Crippen LogP contribution in [-0.2, 0) is 17.9 Å². The molecule has 0 radical (unpaired) electrons. The van der Waals surface area contributed by atoms with Gasteiger partial charge >= 0.3 is 0 Å². The fourth-order valence-electron chi connectivity index (χ4n) is 4.58. The van der Waals surface area contributed by atoms with Crippen molar-refractivity contribution in [3.63, 3.8) is 0 Å². The number of carbonyl (C=O) groups excluding carboxylic acids is 1. The Labute approximate surface area is 194 Å². The lowest BCUT2D eigenvalue weighted by Crippen LogP contribution is -2.49. The first-order chi connectivity index (χ1) is 16.2. The molecule has 1 saturated heterocycles. The number of fused-ring (bicyclic) bond motifs is 1. The molecule has 164 valence electrons. The van der Waals surface area contributed by atoms with Crippen LogP contribution in [0.5, 0.6) is 0 Å². The van der Waals surface area contributed by atoms with Gasteiger partial charge in [0.25, 0.3) is 5.91 Å². The molecule has 2 aliphatic rings. The standard InChI is InChI=1S/C28H26N4O/c29-19-25(28(33)31-16-14-30(15-17-31)26-8-2-1-3-9-26)18-22-10-12-27(13-11-22)32-20-23-6-4-5-7-24(23)21-32/h1-13,18H,14-17,20-21H2/b25-18+. The number of hydrogen-bond donors (Lipinski definition) is 0. The third-order valence-corrected chi connectivity index (χ3v) is 6.45. The van der Waals surface area contributed by atoms with Gasteiger partial charge in [0.15, 0.2) is 0 Å². The van der Waals surface area contributed by atoms with Gasteiger partial charge < -0.3 is 14.7 Å². The van der Waals surface area contributed by atoms with Crippen molar-refractivity contribution in [3.05, 3.63) is 101 Å². The maximum Gasteiger partial charge on any atom is 0.264 e. The second kappa shape index (κ2) is 9.22. The third-order valence-electron chi connectivity index (χ3n) is 6.45. The lowest BCUT2D eigenvalue weighted by molar-refractivity contribution is -0.126. The molecule has 0 aliphatic carbocycles. The molecule has 5 nitrogen and oxygen atoms in total. The van der Waals surface area contributed by atoms with Crippen LogP contribution in [0.1, 0.15) is 16.7 Å². The number of piperazine rings is 1. The molecule has 0 saturated carbocycles. The molecule has 3 aromatic rings. The minimum atomic E-state index is -0.190. The first-order valence-corrected chi connectivity index (χ1v) is 11.3. The number of nitriles is 1. The highest BCUT2D eigenvalue weighted by Gasteiger charge is 2.24. The van der Waals surface area contributed by atoms with E-state index < -0.39 is 0 Å². The van der Waals surface area contributed by atoms with Gasteiger partial charge in [-0.15, -0.1) is 0 Å². The number of benzene rings is 3. The molecule has 1 amide bonds. The number of para-hydroxylation sites is 1. The third kappa shape index (κ3) is 4.47.